The molecule has 0 atom stereocenters. The molecule has 3 aromatic rings. The van der Waals surface area contributed by atoms with Crippen LogP contribution in [0.2, 0.25) is 0 Å². The van der Waals surface area contributed by atoms with E-state index in [9.17, 15) is 13.6 Å². The first-order valence-corrected chi connectivity index (χ1v) is 9.39. The van der Waals surface area contributed by atoms with Gasteiger partial charge in [-0.25, -0.2) is 18.7 Å². The zero-order valence-corrected chi connectivity index (χ0v) is 16.2. The summed E-state index contributed by atoms with van der Waals surface area (Å²) in [6.07, 6.45) is 0.784. The van der Waals surface area contributed by atoms with Crippen molar-refractivity contribution >= 4 is 33.0 Å². The van der Waals surface area contributed by atoms with Crippen LogP contribution in [0, 0.1) is 11.3 Å². The van der Waals surface area contributed by atoms with Gasteiger partial charge in [-0.05, 0) is 46.3 Å². The van der Waals surface area contributed by atoms with Crippen LogP contribution >= 0.6 is 15.9 Å². The van der Waals surface area contributed by atoms with Crippen molar-refractivity contribution in [1.82, 2.24) is 19.4 Å². The molecule has 0 aliphatic carbocycles. The number of hydrogen-bond acceptors (Lipinski definition) is 4. The van der Waals surface area contributed by atoms with Crippen LogP contribution in [0.1, 0.15) is 28.8 Å². The first kappa shape index (κ1) is 18.5. The third-order valence-corrected chi connectivity index (χ3v) is 5.27. The van der Waals surface area contributed by atoms with E-state index in [1.807, 2.05) is 0 Å². The van der Waals surface area contributed by atoms with E-state index in [1.165, 1.54) is 11.1 Å². The number of rotatable bonds is 2. The summed E-state index contributed by atoms with van der Waals surface area (Å²) in [7, 11) is 0. The number of pyridine rings is 1. The predicted octanol–water partition coefficient (Wildman–Crippen LogP) is 3.93. The Bertz CT molecular complexity index is 1090. The lowest BCUT2D eigenvalue weighted by molar-refractivity contribution is -0.0494. The molecule has 0 saturated carbocycles. The highest BCUT2D eigenvalue weighted by atomic mass is 79.9. The molecule has 0 radical (unpaired) electrons. The van der Waals surface area contributed by atoms with Crippen LogP contribution in [0.4, 0.5) is 8.78 Å². The molecule has 28 heavy (non-hydrogen) atoms. The fourth-order valence-corrected chi connectivity index (χ4v) is 3.75. The highest BCUT2D eigenvalue weighted by Crippen LogP contribution is 2.29. The Morgan fingerprint density at radius 3 is 2.54 bits per heavy atom. The number of aromatic nitrogens is 3. The minimum atomic E-state index is -2.70. The van der Waals surface area contributed by atoms with Crippen LogP contribution in [0.15, 0.2) is 41.3 Å². The van der Waals surface area contributed by atoms with Gasteiger partial charge in [0, 0.05) is 37.8 Å². The second-order valence-corrected chi connectivity index (χ2v) is 7.30. The molecule has 1 fully saturated rings. The summed E-state index contributed by atoms with van der Waals surface area (Å²) >= 11 is 3.40. The Morgan fingerprint density at radius 2 is 1.89 bits per heavy atom. The number of imidazole rings is 1. The van der Waals surface area contributed by atoms with E-state index in [4.69, 9.17) is 5.26 Å². The van der Waals surface area contributed by atoms with Gasteiger partial charge in [-0.2, -0.15) is 5.26 Å². The zero-order chi connectivity index (χ0) is 19.9. The quantitative estimate of drug-likeness (QED) is 0.598. The molecule has 0 bridgehead atoms. The maximum Gasteiger partial charge on any atom is 0.255 e. The van der Waals surface area contributed by atoms with E-state index in [0.29, 0.717) is 27.0 Å². The fraction of sp³-hybridized carbons (Fsp3) is 0.263. The maximum absolute atomic E-state index is 13.3. The smallest absolute Gasteiger partial charge is 0.255 e. The summed E-state index contributed by atoms with van der Waals surface area (Å²) in [6, 6.07) is 10.6. The molecular weight excluding hydrogens is 432 g/mol. The van der Waals surface area contributed by atoms with Gasteiger partial charge >= 0.3 is 0 Å². The van der Waals surface area contributed by atoms with E-state index >= 15 is 0 Å². The first-order valence-electron chi connectivity index (χ1n) is 8.60. The van der Waals surface area contributed by atoms with Crippen LogP contribution in [0.3, 0.4) is 0 Å². The summed E-state index contributed by atoms with van der Waals surface area (Å²) in [5.74, 6) is -3.03. The number of nitrogens with zero attached hydrogens (tertiary/aromatic N) is 5. The van der Waals surface area contributed by atoms with Crippen molar-refractivity contribution in [3.05, 3.63) is 52.4 Å². The molecular formula is C19H14BrF2N5O. The summed E-state index contributed by atoms with van der Waals surface area (Å²) in [5, 5.41) is 8.94. The van der Waals surface area contributed by atoms with Crippen molar-refractivity contribution in [2.24, 2.45) is 0 Å². The lowest BCUT2D eigenvalue weighted by atomic mass is 10.1. The molecule has 0 N–H and O–H groups in total. The van der Waals surface area contributed by atoms with Crippen molar-refractivity contribution < 1.29 is 13.6 Å². The van der Waals surface area contributed by atoms with E-state index in [0.717, 1.165) is 5.69 Å². The Balaban J connectivity index is 1.65. The highest BCUT2D eigenvalue weighted by molar-refractivity contribution is 9.10. The zero-order valence-electron chi connectivity index (χ0n) is 14.6. The predicted molar refractivity (Wildman–Crippen MR) is 101 cm³/mol. The van der Waals surface area contributed by atoms with Gasteiger partial charge in [-0.15, -0.1) is 0 Å². The van der Waals surface area contributed by atoms with Gasteiger partial charge in [0.05, 0.1) is 17.2 Å². The molecule has 142 valence electrons. The lowest BCUT2D eigenvalue weighted by Gasteiger charge is -2.31. The van der Waals surface area contributed by atoms with Crippen LogP contribution in [-0.2, 0) is 0 Å². The van der Waals surface area contributed by atoms with Gasteiger partial charge in [-0.3, -0.25) is 9.36 Å². The average Bonchev–Trinajstić information content (AvgIpc) is 3.02. The summed E-state index contributed by atoms with van der Waals surface area (Å²) < 4.78 is 28.9. The van der Waals surface area contributed by atoms with Gasteiger partial charge < -0.3 is 4.90 Å². The number of piperidine rings is 1. The third-order valence-electron chi connectivity index (χ3n) is 4.74. The van der Waals surface area contributed by atoms with Crippen LogP contribution in [0.25, 0.3) is 16.9 Å². The number of benzene rings is 1. The van der Waals surface area contributed by atoms with Gasteiger partial charge in [-0.1, -0.05) is 0 Å². The van der Waals surface area contributed by atoms with Crippen molar-refractivity contribution in [1.29, 1.82) is 5.26 Å². The Labute approximate surface area is 167 Å². The third kappa shape index (κ3) is 3.36. The molecule has 1 aliphatic rings. The largest absolute Gasteiger partial charge is 0.338 e. The van der Waals surface area contributed by atoms with Crippen molar-refractivity contribution in [3.8, 4) is 11.8 Å². The van der Waals surface area contributed by atoms with Crippen molar-refractivity contribution in [2.45, 2.75) is 18.8 Å². The Hall–Kier alpha value is -2.86. The van der Waals surface area contributed by atoms with E-state index < -0.39 is 5.92 Å². The number of carbonyl (C=O) groups is 1. The van der Waals surface area contributed by atoms with Gasteiger partial charge in [0.15, 0.2) is 10.4 Å². The summed E-state index contributed by atoms with van der Waals surface area (Å²) in [6.45, 7) is 0.0422. The Kier molecular flexibility index (Phi) is 4.59. The molecule has 1 aromatic carbocycles. The monoisotopic (exact) mass is 445 g/mol. The standard InChI is InChI=1S/C19H14BrF2N5O/c20-18-25-15-9-13(17(28)26-7-5-19(21,22)6-8-26)11-24-16(15)27(18)14-3-1-12(10-23)2-4-14/h1-4,9,11H,5-8H2. The number of nitriles is 1. The Morgan fingerprint density at radius 1 is 1.21 bits per heavy atom. The van der Waals surface area contributed by atoms with Gasteiger partial charge in [0.25, 0.3) is 11.8 Å². The summed E-state index contributed by atoms with van der Waals surface area (Å²) in [5.41, 5.74) is 2.66. The second kappa shape index (κ2) is 6.95. The number of hydrogen-bond donors (Lipinski definition) is 0. The van der Waals surface area contributed by atoms with Crippen LogP contribution < -0.4 is 0 Å². The number of halogens is 3. The topological polar surface area (TPSA) is 74.8 Å². The number of amides is 1. The minimum absolute atomic E-state index is 0.0211. The maximum atomic E-state index is 13.3. The molecule has 0 unspecified atom stereocenters. The molecule has 1 aliphatic heterocycles. The minimum Gasteiger partial charge on any atom is -0.338 e. The molecule has 3 heterocycles. The van der Waals surface area contributed by atoms with Crippen LogP contribution in [-0.4, -0.2) is 44.4 Å². The van der Waals surface area contributed by atoms with Crippen LogP contribution in [0.5, 0.6) is 0 Å². The van der Waals surface area contributed by atoms with Crippen molar-refractivity contribution in [2.75, 3.05) is 13.1 Å². The fourth-order valence-electron chi connectivity index (χ4n) is 3.19. The molecule has 4 rings (SSSR count). The van der Waals surface area contributed by atoms with Gasteiger partial charge in [0.2, 0.25) is 0 Å². The first-order chi connectivity index (χ1) is 13.4. The molecule has 2 aromatic heterocycles. The number of alkyl halides is 2. The highest BCUT2D eigenvalue weighted by Gasteiger charge is 2.36. The van der Waals surface area contributed by atoms with E-state index in [1.54, 1.807) is 34.9 Å². The lowest BCUT2D eigenvalue weighted by Crippen LogP contribution is -2.42. The van der Waals surface area contributed by atoms with Crippen molar-refractivity contribution in [3.63, 3.8) is 0 Å². The summed E-state index contributed by atoms with van der Waals surface area (Å²) in [4.78, 5) is 22.9. The average molecular weight is 446 g/mol. The second-order valence-electron chi connectivity index (χ2n) is 6.59. The number of likely N-dealkylation sites (tertiary alicyclic amines) is 1. The molecule has 1 amide bonds. The van der Waals surface area contributed by atoms with E-state index in [-0.39, 0.29) is 31.8 Å². The van der Waals surface area contributed by atoms with Gasteiger partial charge in [0.1, 0.15) is 5.52 Å². The molecule has 9 heteroatoms. The molecule has 6 nitrogen and oxygen atoms in total. The molecule has 0 spiro atoms. The molecule has 1 saturated heterocycles. The normalized spacial score (nSPS) is 16.1. The number of fused-ring (bicyclic) bond motifs is 1. The van der Waals surface area contributed by atoms with E-state index in [2.05, 4.69) is 32.0 Å². The SMILES string of the molecule is N#Cc1ccc(-n2c(Br)nc3cc(C(=O)N4CCC(F)(F)CC4)cnc32)cc1. The number of carbonyl (C=O) groups excluding carboxylic acids is 1.